The van der Waals surface area contributed by atoms with Crippen LogP contribution in [0.2, 0.25) is 0 Å². The molecule has 6 heteroatoms. The summed E-state index contributed by atoms with van der Waals surface area (Å²) in [5, 5.41) is 11.0. The first kappa shape index (κ1) is 19.5. The van der Waals surface area contributed by atoms with E-state index in [0.29, 0.717) is 13.1 Å². The van der Waals surface area contributed by atoms with Gasteiger partial charge in [-0.25, -0.2) is 4.99 Å². The zero-order valence-corrected chi connectivity index (χ0v) is 16.4. The number of guanidine groups is 1. The summed E-state index contributed by atoms with van der Waals surface area (Å²) < 4.78 is 7.22. The minimum absolute atomic E-state index is 0.585. The van der Waals surface area contributed by atoms with Crippen LogP contribution in [0.1, 0.15) is 23.6 Å². The summed E-state index contributed by atoms with van der Waals surface area (Å²) in [6.07, 6.45) is 3.78. The van der Waals surface area contributed by atoms with Gasteiger partial charge in [0.2, 0.25) is 0 Å². The molecule has 6 nitrogen and oxygen atoms in total. The van der Waals surface area contributed by atoms with E-state index >= 15 is 0 Å². The zero-order valence-electron chi connectivity index (χ0n) is 16.4. The van der Waals surface area contributed by atoms with Crippen molar-refractivity contribution >= 4 is 5.96 Å². The van der Waals surface area contributed by atoms with E-state index in [-0.39, 0.29) is 0 Å². The van der Waals surface area contributed by atoms with Crippen molar-refractivity contribution in [2.75, 3.05) is 13.7 Å². The standard InChI is InChI=1S/C22H27N5O/c1-3-23-22(24-15-18-8-6-11-21(14-18)28-2)25-16-19-9-4-5-10-20(19)17-27-13-7-12-26-27/h4-14H,3,15-17H2,1-2H3,(H2,23,24,25). The average molecular weight is 377 g/mol. The fourth-order valence-corrected chi connectivity index (χ4v) is 2.91. The van der Waals surface area contributed by atoms with Crippen molar-refractivity contribution in [3.8, 4) is 5.75 Å². The molecule has 2 N–H and O–H groups in total. The Kier molecular flexibility index (Phi) is 7.07. The van der Waals surface area contributed by atoms with Gasteiger partial charge in [-0.05, 0) is 41.8 Å². The number of nitrogens with one attached hydrogen (secondary N) is 2. The molecule has 28 heavy (non-hydrogen) atoms. The lowest BCUT2D eigenvalue weighted by Gasteiger charge is -2.14. The highest BCUT2D eigenvalue weighted by molar-refractivity contribution is 5.79. The number of methoxy groups -OCH3 is 1. The highest BCUT2D eigenvalue weighted by Crippen LogP contribution is 2.13. The maximum atomic E-state index is 5.28. The smallest absolute Gasteiger partial charge is 0.191 e. The van der Waals surface area contributed by atoms with E-state index < -0.39 is 0 Å². The van der Waals surface area contributed by atoms with E-state index in [1.165, 1.54) is 11.1 Å². The van der Waals surface area contributed by atoms with Crippen LogP contribution in [-0.2, 0) is 19.6 Å². The Bertz CT molecular complexity index is 889. The molecule has 2 aromatic carbocycles. The molecule has 1 aromatic heterocycles. The molecule has 0 amide bonds. The summed E-state index contributed by atoms with van der Waals surface area (Å²) in [7, 11) is 1.68. The quantitative estimate of drug-likeness (QED) is 0.467. The lowest BCUT2D eigenvalue weighted by atomic mass is 10.1. The van der Waals surface area contributed by atoms with Crippen LogP contribution < -0.4 is 15.4 Å². The van der Waals surface area contributed by atoms with Crippen LogP contribution in [-0.4, -0.2) is 29.4 Å². The second-order valence-electron chi connectivity index (χ2n) is 6.37. The van der Waals surface area contributed by atoms with Gasteiger partial charge in [0.1, 0.15) is 5.75 Å². The molecule has 146 valence electrons. The fraction of sp³-hybridized carbons (Fsp3) is 0.273. The van der Waals surface area contributed by atoms with Gasteiger partial charge in [0.15, 0.2) is 5.96 Å². The van der Waals surface area contributed by atoms with Crippen molar-refractivity contribution in [3.63, 3.8) is 0 Å². The predicted molar refractivity (Wildman–Crippen MR) is 112 cm³/mol. The topological polar surface area (TPSA) is 63.5 Å². The van der Waals surface area contributed by atoms with Gasteiger partial charge >= 0.3 is 0 Å². The summed E-state index contributed by atoms with van der Waals surface area (Å²) >= 11 is 0. The molecule has 0 aliphatic heterocycles. The third-order valence-electron chi connectivity index (χ3n) is 4.35. The highest BCUT2D eigenvalue weighted by atomic mass is 16.5. The van der Waals surface area contributed by atoms with Crippen molar-refractivity contribution in [1.82, 2.24) is 20.4 Å². The summed E-state index contributed by atoms with van der Waals surface area (Å²) in [6.45, 7) is 4.90. The lowest BCUT2D eigenvalue weighted by Crippen LogP contribution is -2.37. The molecule has 0 unspecified atom stereocenters. The SMILES string of the molecule is CCNC(=NCc1cccc(OC)c1)NCc1ccccc1Cn1cccn1. The molecule has 0 bridgehead atoms. The second-order valence-corrected chi connectivity index (χ2v) is 6.37. The van der Waals surface area contributed by atoms with E-state index in [1.807, 2.05) is 35.1 Å². The number of hydrogen-bond donors (Lipinski definition) is 2. The van der Waals surface area contributed by atoms with Gasteiger partial charge in [-0.3, -0.25) is 4.68 Å². The van der Waals surface area contributed by atoms with Crippen molar-refractivity contribution in [3.05, 3.63) is 83.7 Å². The Balaban J connectivity index is 1.66. The summed E-state index contributed by atoms with van der Waals surface area (Å²) in [6, 6.07) is 18.3. The van der Waals surface area contributed by atoms with Crippen molar-refractivity contribution in [2.45, 2.75) is 26.6 Å². The molecule has 0 aliphatic carbocycles. The largest absolute Gasteiger partial charge is 0.497 e. The highest BCUT2D eigenvalue weighted by Gasteiger charge is 2.05. The Morgan fingerprint density at radius 2 is 1.93 bits per heavy atom. The number of aromatic nitrogens is 2. The van der Waals surface area contributed by atoms with Gasteiger partial charge in [-0.15, -0.1) is 0 Å². The van der Waals surface area contributed by atoms with Crippen molar-refractivity contribution < 1.29 is 4.74 Å². The van der Waals surface area contributed by atoms with E-state index in [0.717, 1.165) is 30.4 Å². The molecule has 1 heterocycles. The summed E-state index contributed by atoms with van der Waals surface area (Å²) in [5.41, 5.74) is 3.57. The van der Waals surface area contributed by atoms with Gasteiger partial charge in [0, 0.05) is 25.5 Å². The fourth-order valence-electron chi connectivity index (χ4n) is 2.91. The van der Waals surface area contributed by atoms with Gasteiger partial charge in [-0.2, -0.15) is 5.10 Å². The van der Waals surface area contributed by atoms with Crippen LogP contribution in [0.5, 0.6) is 5.75 Å². The molecule has 3 aromatic rings. The minimum atomic E-state index is 0.585. The number of ether oxygens (including phenoxy) is 1. The van der Waals surface area contributed by atoms with E-state index in [9.17, 15) is 0 Å². The summed E-state index contributed by atoms with van der Waals surface area (Å²) in [5.74, 6) is 1.64. The molecular weight excluding hydrogens is 350 g/mol. The molecule has 0 atom stereocenters. The van der Waals surface area contributed by atoms with Gasteiger partial charge < -0.3 is 15.4 Å². The number of benzene rings is 2. The van der Waals surface area contributed by atoms with Gasteiger partial charge in [0.25, 0.3) is 0 Å². The molecule has 0 fully saturated rings. The first-order chi connectivity index (χ1) is 13.8. The van der Waals surface area contributed by atoms with Crippen LogP contribution in [0.3, 0.4) is 0 Å². The number of hydrogen-bond acceptors (Lipinski definition) is 3. The van der Waals surface area contributed by atoms with Crippen LogP contribution in [0.4, 0.5) is 0 Å². The molecular formula is C22H27N5O. The molecule has 0 saturated heterocycles. The molecule has 3 rings (SSSR count). The van der Waals surface area contributed by atoms with E-state index in [4.69, 9.17) is 9.73 Å². The normalized spacial score (nSPS) is 11.3. The van der Waals surface area contributed by atoms with Gasteiger partial charge in [-0.1, -0.05) is 36.4 Å². The van der Waals surface area contributed by atoms with Crippen LogP contribution in [0, 0.1) is 0 Å². The second kappa shape index (κ2) is 10.2. The number of aliphatic imine (C=N–C) groups is 1. The minimum Gasteiger partial charge on any atom is -0.497 e. The average Bonchev–Trinajstić information content (AvgIpc) is 3.24. The Labute approximate surface area is 166 Å². The predicted octanol–water partition coefficient (Wildman–Crippen LogP) is 3.20. The van der Waals surface area contributed by atoms with E-state index in [1.54, 1.807) is 13.3 Å². The molecule has 0 radical (unpaired) electrons. The van der Waals surface area contributed by atoms with Crippen molar-refractivity contribution in [2.24, 2.45) is 4.99 Å². The van der Waals surface area contributed by atoms with Crippen LogP contribution in [0.15, 0.2) is 72.0 Å². The number of rotatable bonds is 8. The Hall–Kier alpha value is -3.28. The zero-order chi connectivity index (χ0) is 19.6. The maximum absolute atomic E-state index is 5.28. The third kappa shape index (κ3) is 5.61. The maximum Gasteiger partial charge on any atom is 0.191 e. The molecule has 0 aliphatic rings. The summed E-state index contributed by atoms with van der Waals surface area (Å²) in [4.78, 5) is 4.70. The Morgan fingerprint density at radius 3 is 2.68 bits per heavy atom. The lowest BCUT2D eigenvalue weighted by molar-refractivity contribution is 0.414. The van der Waals surface area contributed by atoms with Crippen LogP contribution in [0.25, 0.3) is 0 Å². The van der Waals surface area contributed by atoms with Gasteiger partial charge in [0.05, 0.1) is 20.2 Å². The first-order valence-corrected chi connectivity index (χ1v) is 9.48. The number of nitrogens with zero attached hydrogens (tertiary/aromatic N) is 3. The monoisotopic (exact) mass is 377 g/mol. The van der Waals surface area contributed by atoms with Crippen molar-refractivity contribution in [1.29, 1.82) is 0 Å². The Morgan fingerprint density at radius 1 is 1.07 bits per heavy atom. The first-order valence-electron chi connectivity index (χ1n) is 9.48. The third-order valence-corrected chi connectivity index (χ3v) is 4.35. The van der Waals surface area contributed by atoms with Crippen LogP contribution >= 0.6 is 0 Å². The van der Waals surface area contributed by atoms with E-state index in [2.05, 4.69) is 53.0 Å². The molecule has 0 saturated carbocycles. The molecule has 0 spiro atoms.